The topological polar surface area (TPSA) is 81.8 Å². The number of hydrazine groups is 1. The summed E-state index contributed by atoms with van der Waals surface area (Å²) in [4.78, 5) is 11.4. The van der Waals surface area contributed by atoms with E-state index >= 15 is 0 Å². The van der Waals surface area contributed by atoms with Gasteiger partial charge in [0.15, 0.2) is 0 Å². The lowest BCUT2D eigenvalue weighted by Crippen LogP contribution is -2.46. The number of nitrogens with two attached hydrogens (primary N) is 1. The van der Waals surface area contributed by atoms with E-state index in [1.54, 1.807) is 6.20 Å². The van der Waals surface area contributed by atoms with Crippen LogP contribution in [0, 0.1) is 11.8 Å². The average molecular weight is 418 g/mol. The zero-order valence-electron chi connectivity index (χ0n) is 15.6. The molecule has 1 saturated carbocycles. The molecule has 2 heterocycles. The number of alkyl halides is 5. The van der Waals surface area contributed by atoms with E-state index in [-0.39, 0.29) is 18.4 Å². The van der Waals surface area contributed by atoms with Crippen molar-refractivity contribution in [1.82, 2.24) is 15.3 Å². The van der Waals surface area contributed by atoms with Gasteiger partial charge >= 0.3 is 12.1 Å². The normalized spacial score (nSPS) is 24.4. The van der Waals surface area contributed by atoms with Gasteiger partial charge in [0.25, 0.3) is 0 Å². The summed E-state index contributed by atoms with van der Waals surface area (Å²) in [6.45, 7) is 2.38. The van der Waals surface area contributed by atoms with Crippen LogP contribution in [0.3, 0.4) is 0 Å². The maximum absolute atomic E-state index is 13.0. The maximum Gasteiger partial charge on any atom is 0.454 e. The molecule has 160 valence electrons. The second-order valence-corrected chi connectivity index (χ2v) is 7.33. The van der Waals surface area contributed by atoms with Gasteiger partial charge in [0, 0.05) is 17.7 Å². The molecule has 2 aliphatic rings. The molecule has 4 N–H and O–H groups in total. The lowest BCUT2D eigenvalue weighted by Gasteiger charge is -2.32. The number of hydrogen-bond acceptors (Lipinski definition) is 5. The highest BCUT2D eigenvalue weighted by atomic mass is 19.4. The molecule has 0 bridgehead atoms. The third-order valence-electron chi connectivity index (χ3n) is 5.39. The molecule has 6 nitrogen and oxygen atoms in total. The molecule has 0 aromatic carbocycles. The van der Waals surface area contributed by atoms with Gasteiger partial charge in [-0.25, -0.2) is 10.8 Å². The largest absolute Gasteiger partial charge is 0.454 e. The molecule has 1 aromatic rings. The highest BCUT2D eigenvalue weighted by Gasteiger charge is 2.56. The molecule has 0 atom stereocenters. The lowest BCUT2D eigenvalue weighted by atomic mass is 9.79. The number of aromatic nitrogens is 1. The van der Waals surface area contributed by atoms with Gasteiger partial charge in [-0.05, 0) is 50.9 Å². The fraction of sp³-hybridized carbons (Fsp3) is 0.556. The predicted molar refractivity (Wildman–Crippen MR) is 101 cm³/mol. The summed E-state index contributed by atoms with van der Waals surface area (Å²) in [7, 11) is 0. The van der Waals surface area contributed by atoms with Gasteiger partial charge in [-0.3, -0.25) is 10.0 Å². The average Bonchev–Trinajstić information content (AvgIpc) is 3.13. The van der Waals surface area contributed by atoms with Gasteiger partial charge in [0.2, 0.25) is 0 Å². The van der Waals surface area contributed by atoms with Crippen LogP contribution in [0.2, 0.25) is 0 Å². The Morgan fingerprint density at radius 2 is 1.97 bits per heavy atom. The molecular weight excluding hydrogens is 395 g/mol. The number of allylic oxidation sites excluding steroid dienone is 1. The van der Waals surface area contributed by atoms with Gasteiger partial charge in [-0.1, -0.05) is 0 Å². The fourth-order valence-corrected chi connectivity index (χ4v) is 3.82. The van der Waals surface area contributed by atoms with Crippen LogP contribution in [-0.2, 0) is 0 Å². The number of fused-ring (bicyclic) bond motifs is 1. The third kappa shape index (κ3) is 4.50. The van der Waals surface area contributed by atoms with Crippen molar-refractivity contribution in [2.45, 2.75) is 37.8 Å². The first-order chi connectivity index (χ1) is 13.6. The summed E-state index contributed by atoms with van der Waals surface area (Å²) < 4.78 is 62.7. The van der Waals surface area contributed by atoms with Crippen molar-refractivity contribution in [2.75, 3.05) is 13.1 Å². The number of aromatic amines is 1. The number of nitrogens with one attached hydrogen (secondary N) is 2. The molecule has 0 unspecified atom stereocenters. The van der Waals surface area contributed by atoms with Crippen molar-refractivity contribution in [3.05, 3.63) is 23.5 Å². The van der Waals surface area contributed by atoms with Crippen molar-refractivity contribution in [3.63, 3.8) is 0 Å². The summed E-state index contributed by atoms with van der Waals surface area (Å²) in [5.74, 6) is 2.09. The summed E-state index contributed by atoms with van der Waals surface area (Å²) in [6, 6.07) is 1.85. The van der Waals surface area contributed by atoms with Crippen LogP contribution in [0.1, 0.15) is 31.2 Å². The Bertz CT molecular complexity index is 789. The monoisotopic (exact) mass is 418 g/mol. The Kier molecular flexibility index (Phi) is 6.08. The van der Waals surface area contributed by atoms with E-state index in [0.717, 1.165) is 11.3 Å². The molecule has 11 heteroatoms. The quantitative estimate of drug-likeness (QED) is 0.373. The standard InChI is InChI=1S/C18H23F5N6/c1-25-14(15-13-6-7-27-16(13)28-10-29(15)24)12-4-2-11(3-5-12)8-26-9-17(19,20)18(21,22)23/h6-7,10-12,26-27H,1-5,8-9,24H2/b15-14-. The molecule has 1 aromatic heterocycles. The van der Waals surface area contributed by atoms with Crippen LogP contribution < -0.4 is 11.2 Å². The molecule has 0 amide bonds. The van der Waals surface area contributed by atoms with Gasteiger partial charge in [-0.15, -0.1) is 0 Å². The highest BCUT2D eigenvalue weighted by molar-refractivity contribution is 5.87. The Morgan fingerprint density at radius 1 is 1.28 bits per heavy atom. The van der Waals surface area contributed by atoms with Crippen LogP contribution in [0.25, 0.3) is 5.70 Å². The second-order valence-electron chi connectivity index (χ2n) is 7.33. The highest BCUT2D eigenvalue weighted by Crippen LogP contribution is 2.40. The summed E-state index contributed by atoms with van der Waals surface area (Å²) >= 11 is 0. The minimum Gasteiger partial charge on any atom is -0.346 e. The number of halogens is 5. The van der Waals surface area contributed by atoms with Crippen LogP contribution in [0.4, 0.5) is 27.8 Å². The van der Waals surface area contributed by atoms with Crippen molar-refractivity contribution >= 4 is 24.6 Å². The van der Waals surface area contributed by atoms with Crippen LogP contribution in [0.15, 0.2) is 27.9 Å². The number of H-pyrrole nitrogens is 1. The Hall–Kier alpha value is -2.27. The molecule has 1 aliphatic carbocycles. The van der Waals surface area contributed by atoms with Gasteiger partial charge in [0.05, 0.1) is 17.9 Å². The SMILES string of the molecule is C=N/C(=C1/c2cc[nH]c2N=CN1N)C1CCC(CNCC(F)(F)C(F)(F)F)CC1. The molecule has 1 aliphatic heterocycles. The molecule has 0 spiro atoms. The Morgan fingerprint density at radius 3 is 2.59 bits per heavy atom. The second kappa shape index (κ2) is 8.23. The van der Waals surface area contributed by atoms with Gasteiger partial charge in [-0.2, -0.15) is 22.0 Å². The first-order valence-corrected chi connectivity index (χ1v) is 9.26. The Balaban J connectivity index is 1.60. The number of aliphatic imine (C=N–C) groups is 2. The van der Waals surface area contributed by atoms with Gasteiger partial charge in [0.1, 0.15) is 12.2 Å². The van der Waals surface area contributed by atoms with E-state index in [0.29, 0.717) is 37.2 Å². The fourth-order valence-electron chi connectivity index (χ4n) is 3.82. The number of rotatable bonds is 6. The van der Waals surface area contributed by atoms with E-state index in [4.69, 9.17) is 5.84 Å². The molecule has 1 fully saturated rings. The third-order valence-corrected chi connectivity index (χ3v) is 5.39. The zero-order valence-corrected chi connectivity index (χ0v) is 15.6. The van der Waals surface area contributed by atoms with Crippen LogP contribution in [0.5, 0.6) is 0 Å². The predicted octanol–water partition coefficient (Wildman–Crippen LogP) is 3.83. The summed E-state index contributed by atoms with van der Waals surface area (Å²) in [6.07, 6.45) is 0.482. The van der Waals surface area contributed by atoms with E-state index in [2.05, 4.69) is 27.0 Å². The van der Waals surface area contributed by atoms with Crippen LogP contribution >= 0.6 is 0 Å². The first-order valence-electron chi connectivity index (χ1n) is 9.26. The maximum atomic E-state index is 13.0. The van der Waals surface area contributed by atoms with Crippen molar-refractivity contribution < 1.29 is 22.0 Å². The lowest BCUT2D eigenvalue weighted by molar-refractivity contribution is -0.279. The zero-order chi connectivity index (χ0) is 21.2. The van der Waals surface area contributed by atoms with Crippen molar-refractivity contribution in [1.29, 1.82) is 0 Å². The van der Waals surface area contributed by atoms with E-state index in [9.17, 15) is 22.0 Å². The van der Waals surface area contributed by atoms with Crippen LogP contribution in [-0.4, -0.2) is 48.2 Å². The van der Waals surface area contributed by atoms with E-state index in [1.807, 2.05) is 6.07 Å². The number of nitrogens with zero attached hydrogens (tertiary/aromatic N) is 3. The minimum absolute atomic E-state index is 0.0241. The molecular formula is C18H23F5N6. The van der Waals surface area contributed by atoms with E-state index < -0.39 is 18.6 Å². The van der Waals surface area contributed by atoms with Crippen molar-refractivity contribution in [2.24, 2.45) is 27.7 Å². The molecule has 29 heavy (non-hydrogen) atoms. The molecule has 3 rings (SSSR count). The Labute approximate surface area is 164 Å². The molecule has 0 saturated heterocycles. The van der Waals surface area contributed by atoms with Crippen molar-refractivity contribution in [3.8, 4) is 0 Å². The van der Waals surface area contributed by atoms with Gasteiger partial charge < -0.3 is 10.3 Å². The summed E-state index contributed by atoms with van der Waals surface area (Å²) in [5.41, 5.74) is 2.25. The van der Waals surface area contributed by atoms with E-state index in [1.165, 1.54) is 11.3 Å². The minimum atomic E-state index is -5.54. The molecule has 0 radical (unpaired) electrons. The summed E-state index contributed by atoms with van der Waals surface area (Å²) in [5, 5.41) is 3.67. The number of hydrogen-bond donors (Lipinski definition) is 3. The smallest absolute Gasteiger partial charge is 0.346 e. The first kappa shape index (κ1) is 21.4.